The lowest BCUT2D eigenvalue weighted by atomic mass is 9.52. The second kappa shape index (κ2) is 5.37. The van der Waals surface area contributed by atoms with Crippen LogP contribution in [0.5, 0.6) is 0 Å². The first-order chi connectivity index (χ1) is 11.1. The van der Waals surface area contributed by atoms with Crippen molar-refractivity contribution in [2.75, 3.05) is 0 Å². The van der Waals surface area contributed by atoms with Gasteiger partial charge in [-0.1, -0.05) is 73.5 Å². The van der Waals surface area contributed by atoms with E-state index in [0.29, 0.717) is 5.41 Å². The van der Waals surface area contributed by atoms with Crippen LogP contribution < -0.4 is 0 Å². The van der Waals surface area contributed by atoms with Crippen molar-refractivity contribution < 1.29 is 0 Å². The molecule has 0 nitrogen and oxygen atoms in total. The lowest BCUT2D eigenvalue weighted by Gasteiger charge is -2.52. The van der Waals surface area contributed by atoms with E-state index < -0.39 is 0 Å². The Hall–Kier alpha value is -1.82. The van der Waals surface area contributed by atoms with Crippen molar-refractivity contribution in [2.45, 2.75) is 46.5 Å². The average molecular weight is 302 g/mol. The molecule has 1 unspecified atom stereocenters. The van der Waals surface area contributed by atoms with Crippen LogP contribution in [-0.2, 0) is 6.42 Å². The molecule has 0 radical (unpaired) electrons. The highest BCUT2D eigenvalue weighted by Crippen LogP contribution is 2.58. The van der Waals surface area contributed by atoms with Gasteiger partial charge in [0.1, 0.15) is 0 Å². The van der Waals surface area contributed by atoms with E-state index in [-0.39, 0.29) is 0 Å². The maximum absolute atomic E-state index is 2.40. The van der Waals surface area contributed by atoms with E-state index in [1.165, 1.54) is 41.5 Å². The molecule has 1 atom stereocenters. The second-order valence-electron chi connectivity index (χ2n) is 7.91. The lowest BCUT2D eigenvalue weighted by Crippen LogP contribution is -2.41. The number of benzene rings is 2. The molecule has 1 fully saturated rings. The quantitative estimate of drug-likeness (QED) is 0.421. The van der Waals surface area contributed by atoms with Crippen molar-refractivity contribution >= 4 is 0 Å². The molecule has 4 aliphatic carbocycles. The highest BCUT2D eigenvalue weighted by molar-refractivity contribution is 5.76. The minimum Gasteiger partial charge on any atom is -0.0735 e. The summed E-state index contributed by atoms with van der Waals surface area (Å²) in [5.74, 6) is 1.02. The highest BCUT2D eigenvalue weighted by Gasteiger charge is 2.46. The van der Waals surface area contributed by atoms with Crippen LogP contribution in [0, 0.1) is 11.3 Å². The van der Waals surface area contributed by atoms with Gasteiger partial charge in [0.15, 0.2) is 0 Å². The van der Waals surface area contributed by atoms with Crippen molar-refractivity contribution in [3.05, 3.63) is 70.8 Å². The Morgan fingerprint density at radius 3 is 1.87 bits per heavy atom. The number of rotatable bonds is 0. The summed E-state index contributed by atoms with van der Waals surface area (Å²) in [7, 11) is 0. The summed E-state index contributed by atoms with van der Waals surface area (Å²) in [6.45, 7) is 7.12. The van der Waals surface area contributed by atoms with Gasteiger partial charge < -0.3 is 0 Å². The third-order valence-electron chi connectivity index (χ3n) is 6.34. The Labute approximate surface area is 140 Å². The fourth-order valence-corrected chi connectivity index (χ4v) is 4.69. The van der Waals surface area contributed by atoms with Crippen molar-refractivity contribution in [1.82, 2.24) is 0 Å². The largest absolute Gasteiger partial charge is 0.0735 e. The predicted molar refractivity (Wildman–Crippen MR) is 98.5 cm³/mol. The van der Waals surface area contributed by atoms with Crippen molar-refractivity contribution in [3.63, 3.8) is 0 Å². The Bertz CT molecular complexity index is 733. The molecule has 2 aromatic carbocycles. The second-order valence-corrected chi connectivity index (χ2v) is 7.91. The van der Waals surface area contributed by atoms with E-state index in [4.69, 9.17) is 0 Å². The van der Waals surface area contributed by atoms with E-state index in [0.717, 1.165) is 12.3 Å². The summed E-state index contributed by atoms with van der Waals surface area (Å²) in [6.07, 6.45) is 5.34. The van der Waals surface area contributed by atoms with Gasteiger partial charge in [-0.3, -0.25) is 0 Å². The smallest absolute Gasteiger partial charge is 0.00135 e. The van der Waals surface area contributed by atoms with Crippen LogP contribution in [-0.4, -0.2) is 0 Å². The maximum Gasteiger partial charge on any atom is -0.00135 e. The molecule has 2 bridgehead atoms. The van der Waals surface area contributed by atoms with E-state index in [9.17, 15) is 0 Å². The minimum atomic E-state index is 0.586. The Morgan fingerprint density at radius 1 is 0.870 bits per heavy atom. The average Bonchev–Trinajstić information content (AvgIpc) is 2.94. The molecular weight excluding hydrogens is 276 g/mol. The Morgan fingerprint density at radius 2 is 1.43 bits per heavy atom. The Balaban J connectivity index is 0.000000122. The molecule has 0 aliphatic heterocycles. The van der Waals surface area contributed by atoms with Crippen molar-refractivity contribution in [2.24, 2.45) is 11.3 Å². The lowest BCUT2D eigenvalue weighted by molar-refractivity contribution is 0.133. The summed E-state index contributed by atoms with van der Waals surface area (Å²) in [5, 5.41) is 0. The summed E-state index contributed by atoms with van der Waals surface area (Å²) in [6, 6.07) is 17.3. The van der Waals surface area contributed by atoms with Crippen LogP contribution in [0.25, 0.3) is 11.1 Å². The van der Waals surface area contributed by atoms with Gasteiger partial charge in [0, 0.05) is 0 Å². The number of allylic oxidation sites excluding steroid dienone is 2. The third kappa shape index (κ3) is 2.36. The topological polar surface area (TPSA) is 0 Å². The van der Waals surface area contributed by atoms with Crippen LogP contribution in [0.3, 0.4) is 0 Å². The molecule has 6 rings (SSSR count). The molecule has 23 heavy (non-hydrogen) atoms. The zero-order valence-electron chi connectivity index (χ0n) is 14.5. The van der Waals surface area contributed by atoms with Gasteiger partial charge in [0.05, 0.1) is 0 Å². The van der Waals surface area contributed by atoms with Crippen LogP contribution in [0.2, 0.25) is 0 Å². The summed E-state index contributed by atoms with van der Waals surface area (Å²) in [5.41, 5.74) is 9.79. The monoisotopic (exact) mass is 302 g/mol. The number of hydrogen-bond donors (Lipinski definition) is 0. The fourth-order valence-electron chi connectivity index (χ4n) is 4.69. The number of fused-ring (bicyclic) bond motifs is 5. The standard InChI is InChI=1S/C13H10.C10H16/c1-3-7-12-10(5-1)9-11-6-2-4-8-13(11)12;1-7-4-5-8-6-9(7)10(8,2)3/h1-8H,9H2;8H,4-6H2,1-3H3. The predicted octanol–water partition coefficient (Wildman–Crippen LogP) is 6.40. The molecule has 0 saturated heterocycles. The normalized spacial score (nSPS) is 22.5. The van der Waals surface area contributed by atoms with Crippen LogP contribution in [0.15, 0.2) is 59.7 Å². The molecule has 118 valence electrons. The van der Waals surface area contributed by atoms with Crippen LogP contribution in [0.4, 0.5) is 0 Å². The molecule has 1 saturated carbocycles. The van der Waals surface area contributed by atoms with Crippen molar-refractivity contribution in [3.8, 4) is 11.1 Å². The summed E-state index contributed by atoms with van der Waals surface area (Å²) >= 11 is 0. The molecule has 0 aromatic heterocycles. The molecule has 0 spiro atoms. The third-order valence-corrected chi connectivity index (χ3v) is 6.34. The first-order valence-corrected chi connectivity index (χ1v) is 8.92. The van der Waals surface area contributed by atoms with Crippen LogP contribution >= 0.6 is 0 Å². The maximum atomic E-state index is 2.40. The van der Waals surface area contributed by atoms with Gasteiger partial charge in [-0.2, -0.15) is 0 Å². The zero-order valence-corrected chi connectivity index (χ0v) is 14.5. The van der Waals surface area contributed by atoms with Gasteiger partial charge in [0.25, 0.3) is 0 Å². The molecule has 0 N–H and O–H groups in total. The fraction of sp³-hybridized carbons (Fsp3) is 0.391. The SMILES string of the molecule is CC1=C2CC(CC1)C2(C)C.c1ccc2c(c1)Cc1ccccc1-2. The molecule has 2 aromatic rings. The minimum absolute atomic E-state index is 0.586. The number of hydrogen-bond acceptors (Lipinski definition) is 0. The van der Waals surface area contributed by atoms with Crippen molar-refractivity contribution in [1.29, 1.82) is 0 Å². The molecule has 0 amide bonds. The molecule has 4 aliphatic rings. The first kappa shape index (κ1) is 14.8. The van der Waals surface area contributed by atoms with E-state index >= 15 is 0 Å². The van der Waals surface area contributed by atoms with Gasteiger partial charge in [-0.15, -0.1) is 0 Å². The van der Waals surface area contributed by atoms with Gasteiger partial charge in [-0.05, 0) is 66.2 Å². The highest BCUT2D eigenvalue weighted by atomic mass is 14.5. The van der Waals surface area contributed by atoms with E-state index in [2.05, 4.69) is 69.3 Å². The van der Waals surface area contributed by atoms with Gasteiger partial charge >= 0.3 is 0 Å². The van der Waals surface area contributed by atoms with Gasteiger partial charge in [-0.25, -0.2) is 0 Å². The summed E-state index contributed by atoms with van der Waals surface area (Å²) in [4.78, 5) is 0. The van der Waals surface area contributed by atoms with E-state index in [1.54, 1.807) is 11.1 Å². The van der Waals surface area contributed by atoms with Crippen LogP contribution in [0.1, 0.15) is 51.2 Å². The zero-order chi connectivity index (χ0) is 16.0. The van der Waals surface area contributed by atoms with E-state index in [1.807, 2.05) is 0 Å². The summed E-state index contributed by atoms with van der Waals surface area (Å²) < 4.78 is 0. The van der Waals surface area contributed by atoms with Gasteiger partial charge in [0.2, 0.25) is 0 Å². The molecule has 0 heterocycles. The first-order valence-electron chi connectivity index (χ1n) is 8.92. The Kier molecular flexibility index (Phi) is 3.44. The molecule has 0 heteroatoms. The molecular formula is C23H26.